The molecule has 0 unspecified atom stereocenters. The fraction of sp³-hybridized carbons (Fsp3) is 0.609. The first kappa shape index (κ1) is 24.5. The number of amides is 3. The molecule has 1 atom stereocenters. The largest absolute Gasteiger partial charge is 0.418 e. The maximum absolute atomic E-state index is 13.8. The first-order valence-corrected chi connectivity index (χ1v) is 11.6. The molecule has 3 aliphatic rings. The van der Waals surface area contributed by atoms with E-state index in [1.807, 2.05) is 0 Å². The van der Waals surface area contributed by atoms with Crippen molar-refractivity contribution in [2.24, 2.45) is 17.6 Å². The van der Waals surface area contributed by atoms with Crippen molar-refractivity contribution < 1.29 is 32.3 Å². The van der Waals surface area contributed by atoms with Crippen LogP contribution >= 0.6 is 0 Å². The molecule has 4 rings (SSSR count). The van der Waals surface area contributed by atoms with Crippen LogP contribution < -0.4 is 21.3 Å². The van der Waals surface area contributed by atoms with Gasteiger partial charge in [-0.15, -0.1) is 0 Å². The summed E-state index contributed by atoms with van der Waals surface area (Å²) in [5, 5.41) is 5.52. The molecule has 0 radical (unpaired) electrons. The second kappa shape index (κ2) is 9.91. The fourth-order valence-corrected chi connectivity index (χ4v) is 4.80. The monoisotopic (exact) mass is 482 g/mol. The molecule has 4 N–H and O–H groups in total. The van der Waals surface area contributed by atoms with Gasteiger partial charge in [0, 0.05) is 18.3 Å². The third-order valence-corrected chi connectivity index (χ3v) is 7.07. The molecule has 3 fully saturated rings. The highest BCUT2D eigenvalue weighted by atomic mass is 19.4. The minimum Gasteiger partial charge on any atom is -0.370 e. The van der Waals surface area contributed by atoms with Gasteiger partial charge in [0.2, 0.25) is 5.91 Å². The molecule has 1 aromatic carbocycles. The van der Waals surface area contributed by atoms with Crippen LogP contribution in [0.25, 0.3) is 0 Å². The van der Waals surface area contributed by atoms with Gasteiger partial charge in [-0.2, -0.15) is 13.2 Å². The van der Waals surface area contributed by atoms with Crippen molar-refractivity contribution in [3.63, 3.8) is 0 Å². The summed E-state index contributed by atoms with van der Waals surface area (Å²) in [6.45, 7) is -0.188. The zero-order valence-corrected chi connectivity index (χ0v) is 18.7. The van der Waals surface area contributed by atoms with Crippen LogP contribution in [0, 0.1) is 11.8 Å². The average Bonchev–Trinajstić information content (AvgIpc) is 2.68. The van der Waals surface area contributed by atoms with E-state index < -0.39 is 35.5 Å². The summed E-state index contributed by atoms with van der Waals surface area (Å²) in [5.41, 5.74) is 3.99. The maximum atomic E-state index is 13.8. The Morgan fingerprint density at radius 2 is 1.76 bits per heavy atom. The molecule has 34 heavy (non-hydrogen) atoms. The van der Waals surface area contributed by atoms with Crippen LogP contribution in [0.3, 0.4) is 0 Å². The molecule has 3 amide bonds. The number of hydrogen-bond donors (Lipinski definition) is 3. The van der Waals surface area contributed by atoms with Gasteiger partial charge in [-0.3, -0.25) is 19.7 Å². The van der Waals surface area contributed by atoms with E-state index in [-0.39, 0.29) is 37.2 Å². The summed E-state index contributed by atoms with van der Waals surface area (Å²) in [6, 6.07) is 1.80. The number of carbonyl (C=O) groups is 3. The van der Waals surface area contributed by atoms with Crippen LogP contribution in [-0.4, -0.2) is 49.6 Å². The maximum Gasteiger partial charge on any atom is 0.418 e. The third kappa shape index (κ3) is 5.20. The van der Waals surface area contributed by atoms with Gasteiger partial charge in [-0.1, -0.05) is 12.8 Å². The number of ether oxygens (including phenoxy) is 1. The molecule has 0 bridgehead atoms. The Hall–Kier alpha value is -2.66. The Labute approximate surface area is 195 Å². The predicted molar refractivity (Wildman–Crippen MR) is 118 cm³/mol. The summed E-state index contributed by atoms with van der Waals surface area (Å²) >= 11 is 0. The highest BCUT2D eigenvalue weighted by Crippen LogP contribution is 2.41. The molecular formula is C23H29F3N4O4. The van der Waals surface area contributed by atoms with Crippen LogP contribution in [0.4, 0.5) is 24.5 Å². The molecule has 1 aliphatic heterocycles. The number of carbonyl (C=O) groups excluding carboxylic acids is 3. The molecule has 0 aromatic heterocycles. The third-order valence-electron chi connectivity index (χ3n) is 7.07. The van der Waals surface area contributed by atoms with Gasteiger partial charge in [0.25, 0.3) is 11.8 Å². The van der Waals surface area contributed by atoms with E-state index in [4.69, 9.17) is 10.5 Å². The van der Waals surface area contributed by atoms with E-state index in [2.05, 4.69) is 10.6 Å². The van der Waals surface area contributed by atoms with Crippen LogP contribution in [0.2, 0.25) is 0 Å². The lowest BCUT2D eigenvalue weighted by Crippen LogP contribution is -2.58. The first-order chi connectivity index (χ1) is 16.1. The van der Waals surface area contributed by atoms with Crippen LogP contribution in [0.5, 0.6) is 0 Å². The van der Waals surface area contributed by atoms with Crippen molar-refractivity contribution in [1.29, 1.82) is 0 Å². The topological polar surface area (TPSA) is 114 Å². The van der Waals surface area contributed by atoms with Crippen LogP contribution in [0.15, 0.2) is 18.2 Å². The van der Waals surface area contributed by atoms with Gasteiger partial charge >= 0.3 is 6.18 Å². The number of benzene rings is 1. The summed E-state index contributed by atoms with van der Waals surface area (Å²) in [4.78, 5) is 38.1. The zero-order valence-electron chi connectivity index (χ0n) is 18.7. The van der Waals surface area contributed by atoms with E-state index in [0.717, 1.165) is 55.6 Å². The minimum atomic E-state index is -4.77. The van der Waals surface area contributed by atoms with Crippen molar-refractivity contribution in [2.75, 3.05) is 30.0 Å². The quantitative estimate of drug-likeness (QED) is 0.493. The fourth-order valence-electron chi connectivity index (χ4n) is 4.80. The molecule has 11 heteroatoms. The van der Waals surface area contributed by atoms with Gasteiger partial charge in [0.15, 0.2) is 6.04 Å². The second-order valence-electron chi connectivity index (χ2n) is 9.23. The summed E-state index contributed by atoms with van der Waals surface area (Å²) in [5.74, 6) is -1.54. The van der Waals surface area contributed by atoms with Gasteiger partial charge in [0.05, 0.1) is 17.9 Å². The van der Waals surface area contributed by atoms with Gasteiger partial charge in [-0.05, 0) is 55.7 Å². The standard InChI is InChI=1S/C23H29F3N4O4/c24-23(25,26)16-11-15(7-8-17(16)30-9-10-34-12-18(30)31)28-22(33)20(21(27)32)29-19(13-3-1-4-13)14-5-2-6-14/h7-8,11,13-14,19-20,29H,1-6,9-10,12H2,(H2,27,32)(H,28,33)/t20-/m1/s1. The number of anilines is 2. The number of halogens is 3. The molecule has 1 saturated heterocycles. The van der Waals surface area contributed by atoms with Crippen LogP contribution in [0.1, 0.15) is 44.1 Å². The highest BCUT2D eigenvalue weighted by molar-refractivity contribution is 6.09. The molecule has 1 heterocycles. The Morgan fingerprint density at radius 1 is 1.12 bits per heavy atom. The number of nitrogens with two attached hydrogens (primary N) is 1. The summed E-state index contributed by atoms with van der Waals surface area (Å²) in [7, 11) is 0. The lowest BCUT2D eigenvalue weighted by Gasteiger charge is -2.44. The SMILES string of the molecule is NC(=O)[C@@H](NC(C1CCC1)C1CCC1)C(=O)Nc1ccc(N2CCOCC2=O)c(C(F)(F)F)c1. The number of nitrogens with zero attached hydrogens (tertiary/aromatic N) is 1. The van der Waals surface area contributed by atoms with Crippen molar-refractivity contribution in [3.05, 3.63) is 23.8 Å². The number of primary amides is 1. The van der Waals surface area contributed by atoms with Gasteiger partial charge in [0.1, 0.15) is 6.61 Å². The Balaban J connectivity index is 1.53. The predicted octanol–water partition coefficient (Wildman–Crippen LogP) is 2.42. The van der Waals surface area contributed by atoms with Crippen LogP contribution in [-0.2, 0) is 25.3 Å². The number of morpholine rings is 1. The van der Waals surface area contributed by atoms with Gasteiger partial charge in [-0.25, -0.2) is 0 Å². The average molecular weight is 483 g/mol. The van der Waals surface area contributed by atoms with Crippen molar-refractivity contribution in [1.82, 2.24) is 5.32 Å². The Kier molecular flexibility index (Phi) is 7.13. The second-order valence-corrected chi connectivity index (χ2v) is 9.23. The lowest BCUT2D eigenvalue weighted by molar-refractivity contribution is -0.137. The molecule has 0 spiro atoms. The number of rotatable bonds is 8. The molecule has 186 valence electrons. The normalized spacial score (nSPS) is 20.6. The van der Waals surface area contributed by atoms with Crippen molar-refractivity contribution in [3.8, 4) is 0 Å². The number of alkyl halides is 3. The molecule has 2 saturated carbocycles. The van der Waals surface area contributed by atoms with E-state index in [0.29, 0.717) is 11.8 Å². The molecule has 8 nitrogen and oxygen atoms in total. The number of hydrogen-bond acceptors (Lipinski definition) is 5. The molecule has 1 aromatic rings. The molecular weight excluding hydrogens is 453 g/mol. The zero-order chi connectivity index (χ0) is 24.5. The number of nitrogens with one attached hydrogen (secondary N) is 2. The van der Waals surface area contributed by atoms with Crippen molar-refractivity contribution >= 4 is 29.1 Å². The molecule has 2 aliphatic carbocycles. The summed E-state index contributed by atoms with van der Waals surface area (Å²) < 4.78 is 46.4. The Bertz CT molecular complexity index is 933. The smallest absolute Gasteiger partial charge is 0.370 e. The van der Waals surface area contributed by atoms with Crippen molar-refractivity contribution in [2.45, 2.75) is 56.8 Å². The van der Waals surface area contributed by atoms with E-state index in [9.17, 15) is 27.6 Å². The van der Waals surface area contributed by atoms with Gasteiger partial charge < -0.3 is 20.7 Å². The highest BCUT2D eigenvalue weighted by Gasteiger charge is 2.40. The van der Waals surface area contributed by atoms with E-state index in [1.165, 1.54) is 6.07 Å². The minimum absolute atomic E-state index is 0.00892. The first-order valence-electron chi connectivity index (χ1n) is 11.6. The Morgan fingerprint density at radius 3 is 2.26 bits per heavy atom. The van der Waals surface area contributed by atoms with E-state index in [1.54, 1.807) is 0 Å². The lowest BCUT2D eigenvalue weighted by atomic mass is 9.68. The van der Waals surface area contributed by atoms with E-state index >= 15 is 0 Å². The summed E-state index contributed by atoms with van der Waals surface area (Å²) in [6.07, 6.45) is 1.48.